The van der Waals surface area contributed by atoms with Crippen LogP contribution in [0.4, 0.5) is 19.1 Å². The number of hydrogen-bond acceptors (Lipinski definition) is 8. The van der Waals surface area contributed by atoms with E-state index in [0.29, 0.717) is 32.1 Å². The molecule has 4 heterocycles. The van der Waals surface area contributed by atoms with E-state index in [4.69, 9.17) is 9.47 Å². The highest BCUT2D eigenvalue weighted by atomic mass is 32.2. The Hall–Kier alpha value is -2.45. The number of hydrogen-bond donors (Lipinski definition) is 1. The van der Waals surface area contributed by atoms with Crippen LogP contribution < -0.4 is 10.1 Å². The van der Waals surface area contributed by atoms with E-state index in [9.17, 15) is 21.6 Å². The molecule has 2 fully saturated rings. The molecule has 0 unspecified atom stereocenters. The van der Waals surface area contributed by atoms with Crippen molar-refractivity contribution in [2.24, 2.45) is 0 Å². The lowest BCUT2D eigenvalue weighted by molar-refractivity contribution is -0.139. The third kappa shape index (κ3) is 5.44. The van der Waals surface area contributed by atoms with Gasteiger partial charge in [0.1, 0.15) is 16.6 Å². The predicted octanol–water partition coefficient (Wildman–Crippen LogP) is 2.71. The van der Waals surface area contributed by atoms with Gasteiger partial charge in [0.2, 0.25) is 21.9 Å². The van der Waals surface area contributed by atoms with E-state index >= 15 is 0 Å². The molecule has 1 atom stereocenters. The second-order valence-corrected chi connectivity index (χ2v) is 10.5. The van der Waals surface area contributed by atoms with Gasteiger partial charge in [-0.1, -0.05) is 0 Å². The quantitative estimate of drug-likeness (QED) is 0.613. The van der Waals surface area contributed by atoms with E-state index < -0.39 is 33.7 Å². The van der Waals surface area contributed by atoms with Gasteiger partial charge in [0.25, 0.3) is 0 Å². The average molecular weight is 505 g/mol. The Morgan fingerprint density at radius 1 is 1.21 bits per heavy atom. The molecule has 188 valence electrons. The fraction of sp³-hybridized carbons (Fsp3) is 0.650. The normalized spacial score (nSPS) is 20.7. The van der Waals surface area contributed by atoms with Gasteiger partial charge < -0.3 is 14.8 Å². The van der Waals surface area contributed by atoms with Crippen molar-refractivity contribution in [2.45, 2.75) is 62.4 Å². The molecular formula is C20H27F3N6O4S. The Kier molecular flexibility index (Phi) is 7.01. The first-order valence-corrected chi connectivity index (χ1v) is 12.5. The van der Waals surface area contributed by atoms with Crippen LogP contribution in [0.2, 0.25) is 0 Å². The summed E-state index contributed by atoms with van der Waals surface area (Å²) in [5, 5.41) is 7.12. The number of alkyl halides is 3. The second kappa shape index (κ2) is 9.66. The molecule has 10 nitrogen and oxygen atoms in total. The number of nitrogens with zero attached hydrogens (tertiary/aromatic N) is 5. The molecule has 2 saturated heterocycles. The van der Waals surface area contributed by atoms with Crippen LogP contribution in [-0.2, 0) is 20.9 Å². The molecule has 0 bridgehead atoms. The zero-order valence-corrected chi connectivity index (χ0v) is 19.6. The van der Waals surface area contributed by atoms with Gasteiger partial charge in [-0.25, -0.2) is 13.4 Å². The molecule has 0 amide bonds. The van der Waals surface area contributed by atoms with E-state index in [0.717, 1.165) is 0 Å². The van der Waals surface area contributed by atoms with E-state index in [1.54, 1.807) is 4.68 Å². The smallest absolute Gasteiger partial charge is 0.423 e. The maximum Gasteiger partial charge on any atom is 0.423 e. The van der Waals surface area contributed by atoms with E-state index in [-0.39, 0.29) is 42.6 Å². The van der Waals surface area contributed by atoms with Crippen LogP contribution in [0.15, 0.2) is 23.5 Å². The van der Waals surface area contributed by atoms with Crippen LogP contribution in [0.1, 0.15) is 44.7 Å². The van der Waals surface area contributed by atoms with Crippen molar-refractivity contribution in [2.75, 3.05) is 31.6 Å². The first kappa shape index (κ1) is 24.7. The molecule has 1 N–H and O–H groups in total. The van der Waals surface area contributed by atoms with E-state index in [1.165, 1.54) is 16.7 Å². The summed E-state index contributed by atoms with van der Waals surface area (Å²) in [5.41, 5.74) is -1.05. The van der Waals surface area contributed by atoms with Crippen molar-refractivity contribution < 1.29 is 31.1 Å². The SMILES string of the molecule is CC(C)n1cc(S(=O)(=O)N2CCC(Nc3ncc(C(F)(F)F)c(O[C@H]4CCOC4)n3)CC2)cn1. The molecular weight excluding hydrogens is 477 g/mol. The zero-order valence-electron chi connectivity index (χ0n) is 18.8. The number of sulfonamides is 1. The predicted molar refractivity (Wildman–Crippen MR) is 115 cm³/mol. The van der Waals surface area contributed by atoms with Crippen LogP contribution >= 0.6 is 0 Å². The standard InChI is InChI=1S/C20H27F3N6O4S/c1-13(2)29-11-16(9-25-29)34(30,31)28-6-3-14(4-7-28)26-19-24-10-17(20(21,22)23)18(27-19)33-15-5-8-32-12-15/h9-11,13-15H,3-8,12H2,1-2H3,(H,24,26,27)/t15-/m0/s1. The maximum absolute atomic E-state index is 13.4. The molecule has 4 rings (SSSR count). The summed E-state index contributed by atoms with van der Waals surface area (Å²) in [6.45, 7) is 4.92. The number of rotatable bonds is 7. The van der Waals surface area contributed by atoms with Gasteiger partial charge in [-0.05, 0) is 26.7 Å². The Labute approximate surface area is 195 Å². The minimum absolute atomic E-state index is 0.00133. The summed E-state index contributed by atoms with van der Waals surface area (Å²) in [4.78, 5) is 7.92. The Morgan fingerprint density at radius 3 is 2.53 bits per heavy atom. The van der Waals surface area contributed by atoms with Gasteiger partial charge in [0, 0.05) is 44.0 Å². The third-order valence-corrected chi connectivity index (χ3v) is 7.61. The largest absolute Gasteiger partial charge is 0.471 e. The van der Waals surface area contributed by atoms with Crippen molar-refractivity contribution in [3.05, 3.63) is 24.2 Å². The highest BCUT2D eigenvalue weighted by Crippen LogP contribution is 2.36. The van der Waals surface area contributed by atoms with Crippen LogP contribution in [0.3, 0.4) is 0 Å². The summed E-state index contributed by atoms with van der Waals surface area (Å²) in [6.07, 6.45) is -0.249. The van der Waals surface area contributed by atoms with Gasteiger partial charge in [-0.3, -0.25) is 4.68 Å². The van der Waals surface area contributed by atoms with Crippen molar-refractivity contribution in [1.82, 2.24) is 24.1 Å². The first-order valence-electron chi connectivity index (χ1n) is 11.0. The summed E-state index contributed by atoms with van der Waals surface area (Å²) < 4.78 is 79.6. The summed E-state index contributed by atoms with van der Waals surface area (Å²) >= 11 is 0. The van der Waals surface area contributed by atoms with Crippen LogP contribution in [-0.4, -0.2) is 70.9 Å². The van der Waals surface area contributed by atoms with Crippen LogP contribution in [0.25, 0.3) is 0 Å². The number of anilines is 1. The number of aromatic nitrogens is 4. The van der Waals surface area contributed by atoms with Crippen LogP contribution in [0, 0.1) is 0 Å². The molecule has 0 aliphatic carbocycles. The highest BCUT2D eigenvalue weighted by molar-refractivity contribution is 7.89. The van der Waals surface area contributed by atoms with Gasteiger partial charge in [-0.15, -0.1) is 0 Å². The molecule has 2 aliphatic rings. The first-order chi connectivity index (χ1) is 16.0. The Morgan fingerprint density at radius 2 is 1.94 bits per heavy atom. The molecule has 0 radical (unpaired) electrons. The van der Waals surface area contributed by atoms with Crippen molar-refractivity contribution in [3.63, 3.8) is 0 Å². The number of halogens is 3. The highest BCUT2D eigenvalue weighted by Gasteiger charge is 2.38. The van der Waals surface area contributed by atoms with Gasteiger partial charge in [0.05, 0.1) is 19.4 Å². The van der Waals surface area contributed by atoms with Gasteiger partial charge >= 0.3 is 6.18 Å². The lowest BCUT2D eigenvalue weighted by Crippen LogP contribution is -2.42. The second-order valence-electron chi connectivity index (χ2n) is 8.59. The molecule has 0 saturated carbocycles. The minimum Gasteiger partial charge on any atom is -0.471 e. The molecule has 2 aromatic rings. The lowest BCUT2D eigenvalue weighted by atomic mass is 10.1. The summed E-state index contributed by atoms with van der Waals surface area (Å²) in [6, 6.07) is -0.165. The lowest BCUT2D eigenvalue weighted by Gasteiger charge is -2.31. The van der Waals surface area contributed by atoms with Crippen molar-refractivity contribution >= 4 is 16.0 Å². The van der Waals surface area contributed by atoms with Gasteiger partial charge in [0.15, 0.2) is 0 Å². The minimum atomic E-state index is -4.66. The fourth-order valence-electron chi connectivity index (χ4n) is 3.79. The van der Waals surface area contributed by atoms with E-state index in [1.807, 2.05) is 13.8 Å². The third-order valence-electron chi connectivity index (χ3n) is 5.76. The molecule has 34 heavy (non-hydrogen) atoms. The van der Waals surface area contributed by atoms with Crippen molar-refractivity contribution in [3.8, 4) is 5.88 Å². The van der Waals surface area contributed by atoms with Crippen molar-refractivity contribution in [1.29, 1.82) is 0 Å². The number of piperidine rings is 1. The van der Waals surface area contributed by atoms with E-state index in [2.05, 4.69) is 20.4 Å². The molecule has 0 aromatic carbocycles. The fourth-order valence-corrected chi connectivity index (χ4v) is 5.20. The zero-order chi connectivity index (χ0) is 24.5. The monoisotopic (exact) mass is 504 g/mol. The Bertz CT molecular complexity index is 1090. The molecule has 2 aliphatic heterocycles. The Balaban J connectivity index is 1.41. The molecule has 2 aromatic heterocycles. The van der Waals surface area contributed by atoms with Crippen LogP contribution in [0.5, 0.6) is 5.88 Å². The average Bonchev–Trinajstić information content (AvgIpc) is 3.46. The maximum atomic E-state index is 13.4. The summed E-state index contributed by atoms with van der Waals surface area (Å²) in [7, 11) is -3.68. The number of nitrogens with one attached hydrogen (secondary N) is 1. The topological polar surface area (TPSA) is 111 Å². The van der Waals surface area contributed by atoms with Gasteiger partial charge in [-0.2, -0.15) is 27.6 Å². The summed E-state index contributed by atoms with van der Waals surface area (Å²) in [5.74, 6) is -0.538. The molecule has 0 spiro atoms. The molecule has 14 heteroatoms. The number of ether oxygens (including phenoxy) is 2.